The minimum atomic E-state index is -1.70. The number of phenolic OH excluding ortho intramolecular Hbond substituents is 1. The number of para-hydroxylation sites is 1. The third-order valence-corrected chi connectivity index (χ3v) is 2.89. The molecular weight excluding hydrogens is 252 g/mol. The summed E-state index contributed by atoms with van der Waals surface area (Å²) in [4.78, 5) is 19.1. The van der Waals surface area contributed by atoms with E-state index in [9.17, 15) is 25.3 Å². The van der Waals surface area contributed by atoms with E-state index in [1.54, 1.807) is 12.1 Å². The molecule has 0 spiro atoms. The average Bonchev–Trinajstić information content (AvgIpc) is 2.34. The minimum Gasteiger partial charge on any atom is -0.508 e. The lowest BCUT2D eigenvalue weighted by Gasteiger charge is -2.04. The van der Waals surface area contributed by atoms with Crippen molar-refractivity contribution in [2.24, 2.45) is 0 Å². The van der Waals surface area contributed by atoms with Gasteiger partial charge in [-0.1, -0.05) is 24.6 Å². The molecule has 1 aromatic rings. The fourth-order valence-corrected chi connectivity index (χ4v) is 1.83. The van der Waals surface area contributed by atoms with E-state index in [1.807, 2.05) is 12.1 Å². The van der Waals surface area contributed by atoms with E-state index >= 15 is 0 Å². The Balaban J connectivity index is 2.26. The summed E-state index contributed by atoms with van der Waals surface area (Å²) in [5, 5.41) is 30.3. The zero-order valence-corrected chi connectivity index (χ0v) is 10.4. The molecule has 0 radical (unpaired) electrons. The molecule has 0 unspecified atom stereocenters. The Morgan fingerprint density at radius 1 is 1.05 bits per heavy atom. The fourth-order valence-electron chi connectivity index (χ4n) is 1.83. The first kappa shape index (κ1) is 14.9. The van der Waals surface area contributed by atoms with E-state index in [0.29, 0.717) is 19.3 Å². The van der Waals surface area contributed by atoms with Crippen LogP contribution in [0.2, 0.25) is 0 Å². The van der Waals surface area contributed by atoms with Gasteiger partial charge in [0.15, 0.2) is 0 Å². The highest BCUT2D eigenvalue weighted by Crippen LogP contribution is 2.18. The fraction of sp³-hybridized carbons (Fsp3) is 0.500. The lowest BCUT2D eigenvalue weighted by atomic mass is 10.0. The monoisotopic (exact) mass is 268 g/mol. The molecule has 0 heterocycles. The third-order valence-electron chi connectivity index (χ3n) is 2.89. The van der Waals surface area contributed by atoms with Crippen molar-refractivity contribution in [3.05, 3.63) is 50.1 Å². The molecular formula is C12H16N2O5. The average molecular weight is 268 g/mol. The highest BCUT2D eigenvalue weighted by atomic mass is 16.7. The molecule has 0 atom stereocenters. The molecule has 0 saturated carbocycles. The van der Waals surface area contributed by atoms with Crippen LogP contribution in [-0.2, 0) is 6.42 Å². The SMILES string of the molecule is O=[N+]([O-])C(CCCCCc1ccccc1O)[N+](=O)[O-]. The maximum Gasteiger partial charge on any atom is 0.450 e. The molecule has 0 fully saturated rings. The van der Waals surface area contributed by atoms with Gasteiger partial charge in [0, 0.05) is 0 Å². The van der Waals surface area contributed by atoms with E-state index in [4.69, 9.17) is 0 Å². The summed E-state index contributed by atoms with van der Waals surface area (Å²) in [6, 6.07) is 6.97. The highest BCUT2D eigenvalue weighted by molar-refractivity contribution is 5.31. The van der Waals surface area contributed by atoms with Gasteiger partial charge in [-0.05, 0) is 30.9 Å². The molecule has 19 heavy (non-hydrogen) atoms. The molecule has 1 N–H and O–H groups in total. The van der Waals surface area contributed by atoms with E-state index < -0.39 is 16.0 Å². The van der Waals surface area contributed by atoms with Crippen LogP contribution in [0.1, 0.15) is 31.2 Å². The Morgan fingerprint density at radius 2 is 1.68 bits per heavy atom. The van der Waals surface area contributed by atoms with E-state index in [2.05, 4.69) is 0 Å². The van der Waals surface area contributed by atoms with Crippen molar-refractivity contribution in [3.8, 4) is 5.75 Å². The van der Waals surface area contributed by atoms with Crippen molar-refractivity contribution < 1.29 is 15.0 Å². The van der Waals surface area contributed by atoms with Crippen molar-refractivity contribution in [1.82, 2.24) is 0 Å². The summed E-state index contributed by atoms with van der Waals surface area (Å²) in [6.45, 7) is 0. The molecule has 0 aliphatic heterocycles. The molecule has 0 amide bonds. The molecule has 7 heteroatoms. The van der Waals surface area contributed by atoms with E-state index in [1.165, 1.54) is 0 Å². The number of nitrogens with zero attached hydrogens (tertiary/aromatic N) is 2. The molecule has 1 rings (SSSR count). The molecule has 0 aromatic heterocycles. The number of unbranched alkanes of at least 4 members (excludes halogenated alkanes) is 2. The second-order valence-corrected chi connectivity index (χ2v) is 4.28. The topological polar surface area (TPSA) is 107 Å². The van der Waals surface area contributed by atoms with E-state index in [-0.39, 0.29) is 12.2 Å². The van der Waals surface area contributed by atoms with Crippen LogP contribution in [0.25, 0.3) is 0 Å². The Labute approximate surface area is 110 Å². The highest BCUT2D eigenvalue weighted by Gasteiger charge is 2.30. The van der Waals surface area contributed by atoms with Crippen molar-refractivity contribution in [2.75, 3.05) is 0 Å². The number of hydrogen-bond donors (Lipinski definition) is 1. The minimum absolute atomic E-state index is 0.0548. The van der Waals surface area contributed by atoms with Gasteiger partial charge >= 0.3 is 6.17 Å². The van der Waals surface area contributed by atoms with Crippen molar-refractivity contribution in [1.29, 1.82) is 0 Å². The number of benzene rings is 1. The molecule has 0 aliphatic rings. The first-order valence-electron chi connectivity index (χ1n) is 6.06. The Bertz CT molecular complexity index is 436. The summed E-state index contributed by atoms with van der Waals surface area (Å²) in [6.07, 6.45) is 0.728. The van der Waals surface area contributed by atoms with Gasteiger partial charge in [0.1, 0.15) is 5.75 Å². The van der Waals surface area contributed by atoms with Crippen LogP contribution in [0.5, 0.6) is 5.75 Å². The van der Waals surface area contributed by atoms with Crippen LogP contribution in [-0.4, -0.2) is 21.1 Å². The van der Waals surface area contributed by atoms with Crippen molar-refractivity contribution in [3.63, 3.8) is 0 Å². The van der Waals surface area contributed by atoms with Gasteiger partial charge in [0.05, 0.1) is 16.3 Å². The van der Waals surface area contributed by atoms with Gasteiger partial charge < -0.3 is 5.11 Å². The predicted octanol–water partition coefficient (Wildman–Crippen LogP) is 2.37. The smallest absolute Gasteiger partial charge is 0.450 e. The van der Waals surface area contributed by atoms with Crippen LogP contribution in [0.15, 0.2) is 24.3 Å². The lowest BCUT2D eigenvalue weighted by molar-refractivity contribution is -0.743. The first-order chi connectivity index (χ1) is 9.02. The number of hydrogen-bond acceptors (Lipinski definition) is 5. The molecule has 0 aliphatic carbocycles. The van der Waals surface area contributed by atoms with Gasteiger partial charge in [0.2, 0.25) is 0 Å². The van der Waals surface area contributed by atoms with Gasteiger partial charge in [-0.25, -0.2) is 0 Å². The molecule has 0 saturated heterocycles. The number of aryl methyl sites for hydroxylation is 1. The Kier molecular flexibility index (Phi) is 5.72. The Morgan fingerprint density at radius 3 is 2.26 bits per heavy atom. The van der Waals surface area contributed by atoms with Crippen molar-refractivity contribution in [2.45, 2.75) is 38.3 Å². The summed E-state index contributed by atoms with van der Waals surface area (Å²) in [7, 11) is 0. The lowest BCUT2D eigenvalue weighted by Crippen LogP contribution is -2.28. The zero-order chi connectivity index (χ0) is 14.3. The second kappa shape index (κ2) is 7.30. The summed E-state index contributed by atoms with van der Waals surface area (Å²) < 4.78 is 0. The standard InChI is InChI=1S/C12H16N2O5/c15-11-8-5-4-7-10(11)6-2-1-3-9-12(13(16)17)14(18)19/h4-5,7-8,12,15H,1-3,6,9H2. The van der Waals surface area contributed by atoms with Crippen LogP contribution in [0.4, 0.5) is 0 Å². The molecule has 7 nitrogen and oxygen atoms in total. The van der Waals surface area contributed by atoms with Gasteiger partial charge in [-0.15, -0.1) is 0 Å². The van der Waals surface area contributed by atoms with E-state index in [0.717, 1.165) is 12.0 Å². The second-order valence-electron chi connectivity index (χ2n) is 4.28. The van der Waals surface area contributed by atoms with Gasteiger partial charge in [-0.3, -0.25) is 20.2 Å². The van der Waals surface area contributed by atoms with Crippen LogP contribution in [0, 0.1) is 20.2 Å². The third kappa shape index (κ3) is 4.90. The molecule has 104 valence electrons. The quantitative estimate of drug-likeness (QED) is 0.337. The normalized spacial score (nSPS) is 10.6. The largest absolute Gasteiger partial charge is 0.508 e. The molecule has 0 bridgehead atoms. The summed E-state index contributed by atoms with van der Waals surface area (Å²) in [5.74, 6) is 0.232. The van der Waals surface area contributed by atoms with Gasteiger partial charge in [0.25, 0.3) is 0 Å². The zero-order valence-electron chi connectivity index (χ0n) is 10.4. The molecule has 1 aromatic carbocycles. The maximum atomic E-state index is 10.4. The number of rotatable bonds is 8. The van der Waals surface area contributed by atoms with Crippen LogP contribution in [0.3, 0.4) is 0 Å². The van der Waals surface area contributed by atoms with Crippen molar-refractivity contribution >= 4 is 0 Å². The Hall–Kier alpha value is -2.18. The summed E-state index contributed by atoms with van der Waals surface area (Å²) >= 11 is 0. The number of phenols is 1. The first-order valence-corrected chi connectivity index (χ1v) is 6.06. The number of nitro groups is 2. The number of aromatic hydroxyl groups is 1. The predicted molar refractivity (Wildman–Crippen MR) is 68.1 cm³/mol. The van der Waals surface area contributed by atoms with Crippen LogP contribution >= 0.6 is 0 Å². The van der Waals surface area contributed by atoms with Gasteiger partial charge in [-0.2, -0.15) is 0 Å². The van der Waals surface area contributed by atoms with Crippen LogP contribution < -0.4 is 0 Å². The summed E-state index contributed by atoms with van der Waals surface area (Å²) in [5.41, 5.74) is 0.822. The maximum absolute atomic E-state index is 10.4.